The Labute approximate surface area is 127 Å². The Kier molecular flexibility index (Phi) is 5.58. The van der Waals surface area contributed by atoms with E-state index in [0.717, 1.165) is 31.7 Å². The van der Waals surface area contributed by atoms with Crippen LogP contribution in [0.2, 0.25) is 0 Å². The number of para-hydroxylation sites is 1. The number of anilines is 1. The number of hydrogen-bond donors (Lipinski definition) is 1. The molecule has 0 fully saturated rings. The summed E-state index contributed by atoms with van der Waals surface area (Å²) in [6, 6.07) is 8.49. The van der Waals surface area contributed by atoms with Crippen molar-refractivity contribution < 1.29 is 0 Å². The molecule has 0 atom stereocenters. The molecular weight excluding hydrogens is 260 g/mol. The lowest BCUT2D eigenvalue weighted by molar-refractivity contribution is 0.296. The first-order valence-electron chi connectivity index (χ1n) is 7.46. The van der Waals surface area contributed by atoms with E-state index in [1.165, 1.54) is 11.3 Å². The predicted molar refractivity (Wildman–Crippen MR) is 89.0 cm³/mol. The van der Waals surface area contributed by atoms with Gasteiger partial charge in [-0.2, -0.15) is 5.10 Å². The third-order valence-corrected chi connectivity index (χ3v) is 3.63. The number of benzene rings is 1. The van der Waals surface area contributed by atoms with E-state index >= 15 is 0 Å². The van der Waals surface area contributed by atoms with E-state index < -0.39 is 0 Å². The zero-order chi connectivity index (χ0) is 15.1. The van der Waals surface area contributed by atoms with E-state index in [0.29, 0.717) is 0 Å². The highest BCUT2D eigenvalue weighted by Crippen LogP contribution is 2.18. The van der Waals surface area contributed by atoms with Crippen LogP contribution in [-0.4, -0.2) is 27.8 Å². The van der Waals surface area contributed by atoms with Gasteiger partial charge in [-0.25, -0.2) is 4.68 Å². The molecule has 1 aromatic carbocycles. The van der Waals surface area contributed by atoms with Gasteiger partial charge < -0.3 is 5.32 Å². The summed E-state index contributed by atoms with van der Waals surface area (Å²) in [4.78, 5) is 2.41. The van der Waals surface area contributed by atoms with Crippen molar-refractivity contribution in [1.82, 2.24) is 14.7 Å². The number of aromatic nitrogens is 2. The first-order valence-corrected chi connectivity index (χ1v) is 7.46. The summed E-state index contributed by atoms with van der Waals surface area (Å²) in [6.45, 7) is 12.0. The van der Waals surface area contributed by atoms with Gasteiger partial charge >= 0.3 is 0 Å². The maximum absolute atomic E-state index is 4.19. The molecule has 2 rings (SSSR count). The molecule has 0 spiro atoms. The van der Waals surface area contributed by atoms with E-state index in [-0.39, 0.29) is 0 Å². The molecule has 0 amide bonds. The SMILES string of the molecule is C=Cn1cc(CNc2ccccc2CN(CC)CC)cn1. The molecule has 21 heavy (non-hydrogen) atoms. The van der Waals surface area contributed by atoms with E-state index in [9.17, 15) is 0 Å². The van der Waals surface area contributed by atoms with Crippen LogP contribution in [0.15, 0.2) is 43.2 Å². The zero-order valence-corrected chi connectivity index (χ0v) is 12.9. The molecule has 112 valence electrons. The van der Waals surface area contributed by atoms with Gasteiger partial charge in [0.1, 0.15) is 0 Å². The molecule has 0 saturated carbocycles. The van der Waals surface area contributed by atoms with Crippen LogP contribution in [-0.2, 0) is 13.1 Å². The summed E-state index contributed by atoms with van der Waals surface area (Å²) in [6.07, 6.45) is 5.53. The van der Waals surface area contributed by atoms with Crippen LogP contribution in [0.3, 0.4) is 0 Å². The molecule has 1 N–H and O–H groups in total. The van der Waals surface area contributed by atoms with Crippen molar-refractivity contribution in [2.75, 3.05) is 18.4 Å². The van der Waals surface area contributed by atoms with Crippen LogP contribution in [0.5, 0.6) is 0 Å². The second kappa shape index (κ2) is 7.64. The first kappa shape index (κ1) is 15.3. The Hall–Kier alpha value is -2.07. The predicted octanol–water partition coefficient (Wildman–Crippen LogP) is 3.44. The van der Waals surface area contributed by atoms with Crippen LogP contribution < -0.4 is 5.32 Å². The normalized spacial score (nSPS) is 10.8. The highest BCUT2D eigenvalue weighted by atomic mass is 15.2. The van der Waals surface area contributed by atoms with Crippen molar-refractivity contribution in [2.45, 2.75) is 26.9 Å². The molecule has 1 aromatic heterocycles. The van der Waals surface area contributed by atoms with E-state index in [1.54, 1.807) is 10.9 Å². The number of hydrogen-bond acceptors (Lipinski definition) is 3. The lowest BCUT2D eigenvalue weighted by Crippen LogP contribution is -2.22. The Balaban J connectivity index is 2.03. The van der Waals surface area contributed by atoms with E-state index in [2.05, 4.69) is 60.0 Å². The van der Waals surface area contributed by atoms with Crippen molar-refractivity contribution in [1.29, 1.82) is 0 Å². The minimum Gasteiger partial charge on any atom is -0.381 e. The number of rotatable bonds is 8. The minimum absolute atomic E-state index is 0.767. The summed E-state index contributed by atoms with van der Waals surface area (Å²) in [5, 5.41) is 7.70. The molecule has 2 aromatic rings. The van der Waals surface area contributed by atoms with Crippen molar-refractivity contribution in [3.8, 4) is 0 Å². The van der Waals surface area contributed by atoms with Crippen LogP contribution >= 0.6 is 0 Å². The van der Waals surface area contributed by atoms with Crippen molar-refractivity contribution >= 4 is 11.9 Å². The molecule has 4 heteroatoms. The Morgan fingerprint density at radius 2 is 2.05 bits per heavy atom. The quantitative estimate of drug-likeness (QED) is 0.806. The van der Waals surface area contributed by atoms with Crippen LogP contribution in [0.1, 0.15) is 25.0 Å². The van der Waals surface area contributed by atoms with E-state index in [4.69, 9.17) is 0 Å². The third-order valence-electron chi connectivity index (χ3n) is 3.63. The number of nitrogens with zero attached hydrogens (tertiary/aromatic N) is 3. The fraction of sp³-hybridized carbons (Fsp3) is 0.353. The van der Waals surface area contributed by atoms with Crippen LogP contribution in [0, 0.1) is 0 Å². The second-order valence-corrected chi connectivity index (χ2v) is 4.98. The average Bonchev–Trinajstić information content (AvgIpc) is 2.99. The minimum atomic E-state index is 0.767. The summed E-state index contributed by atoms with van der Waals surface area (Å²) >= 11 is 0. The van der Waals surface area contributed by atoms with Gasteiger partial charge in [0.25, 0.3) is 0 Å². The molecule has 4 nitrogen and oxygen atoms in total. The highest BCUT2D eigenvalue weighted by Gasteiger charge is 2.06. The second-order valence-electron chi connectivity index (χ2n) is 4.98. The molecular formula is C17H24N4. The lowest BCUT2D eigenvalue weighted by atomic mass is 10.1. The summed E-state index contributed by atoms with van der Waals surface area (Å²) in [5.41, 5.74) is 3.67. The highest BCUT2D eigenvalue weighted by molar-refractivity contribution is 5.51. The Morgan fingerprint density at radius 1 is 1.29 bits per heavy atom. The molecule has 0 unspecified atom stereocenters. The number of nitrogens with one attached hydrogen (secondary N) is 1. The average molecular weight is 284 g/mol. The Morgan fingerprint density at radius 3 is 2.71 bits per heavy atom. The summed E-state index contributed by atoms with van der Waals surface area (Å²) in [5.74, 6) is 0. The zero-order valence-electron chi connectivity index (χ0n) is 12.9. The maximum atomic E-state index is 4.19. The van der Waals surface area contributed by atoms with E-state index in [1.807, 2.05) is 12.4 Å². The maximum Gasteiger partial charge on any atom is 0.0543 e. The smallest absolute Gasteiger partial charge is 0.0543 e. The largest absolute Gasteiger partial charge is 0.381 e. The summed E-state index contributed by atoms with van der Waals surface area (Å²) < 4.78 is 1.72. The van der Waals surface area contributed by atoms with Crippen LogP contribution in [0.25, 0.3) is 6.20 Å². The fourth-order valence-electron chi connectivity index (χ4n) is 2.28. The lowest BCUT2D eigenvalue weighted by Gasteiger charge is -2.20. The van der Waals surface area contributed by atoms with Gasteiger partial charge in [0, 0.05) is 36.7 Å². The van der Waals surface area contributed by atoms with Gasteiger partial charge in [-0.15, -0.1) is 0 Å². The van der Waals surface area contributed by atoms with Gasteiger partial charge in [0.15, 0.2) is 0 Å². The van der Waals surface area contributed by atoms with Gasteiger partial charge in [-0.3, -0.25) is 4.90 Å². The van der Waals surface area contributed by atoms with Crippen LogP contribution in [0.4, 0.5) is 5.69 Å². The standard InChI is InChI=1S/C17H24N4/c1-4-20(5-2)14-16-9-7-8-10-17(16)18-11-15-12-19-21(6-3)13-15/h6-10,12-13,18H,3-5,11,14H2,1-2H3. The summed E-state index contributed by atoms with van der Waals surface area (Å²) in [7, 11) is 0. The molecule has 0 aliphatic carbocycles. The van der Waals surface area contributed by atoms with Gasteiger partial charge in [-0.05, 0) is 24.7 Å². The molecule has 0 saturated heterocycles. The van der Waals surface area contributed by atoms with Crippen molar-refractivity contribution in [2.24, 2.45) is 0 Å². The molecule has 0 aliphatic rings. The monoisotopic (exact) mass is 284 g/mol. The van der Waals surface area contributed by atoms with Gasteiger partial charge in [0.05, 0.1) is 6.20 Å². The first-order chi connectivity index (χ1) is 10.3. The van der Waals surface area contributed by atoms with Gasteiger partial charge in [0.2, 0.25) is 0 Å². The van der Waals surface area contributed by atoms with Gasteiger partial charge in [-0.1, -0.05) is 38.6 Å². The van der Waals surface area contributed by atoms with Crippen molar-refractivity contribution in [3.63, 3.8) is 0 Å². The fourth-order valence-corrected chi connectivity index (χ4v) is 2.28. The third kappa shape index (κ3) is 4.20. The molecule has 1 heterocycles. The molecule has 0 aliphatic heterocycles. The van der Waals surface area contributed by atoms with Crippen molar-refractivity contribution in [3.05, 3.63) is 54.4 Å². The topological polar surface area (TPSA) is 33.1 Å². The molecule has 0 bridgehead atoms. The molecule has 0 radical (unpaired) electrons. The Bertz CT molecular complexity index is 570.